The molecule has 3 heteroatoms. The van der Waals surface area contributed by atoms with E-state index in [1.807, 2.05) is 17.0 Å². The average Bonchev–Trinajstić information content (AvgIpc) is 2.74. The smallest absolute Gasteiger partial charge is 0.220 e. The van der Waals surface area contributed by atoms with Gasteiger partial charge in [0, 0.05) is 13.5 Å². The lowest BCUT2D eigenvalue weighted by atomic mass is 10.2. The molecule has 1 aliphatic heterocycles. The summed E-state index contributed by atoms with van der Waals surface area (Å²) in [4.78, 5) is 13.1. The SMILES string of the molecule is CC(=O)N1CCC[C@@H]1c1ccco1. The van der Waals surface area contributed by atoms with Crippen LogP contribution in [0.3, 0.4) is 0 Å². The Labute approximate surface area is 77.3 Å². The van der Waals surface area contributed by atoms with Crippen molar-refractivity contribution in [3.63, 3.8) is 0 Å². The highest BCUT2D eigenvalue weighted by atomic mass is 16.3. The molecule has 1 atom stereocenters. The van der Waals surface area contributed by atoms with E-state index in [0.29, 0.717) is 0 Å². The molecule has 1 amide bonds. The molecule has 1 aromatic rings. The molecule has 70 valence electrons. The Kier molecular flexibility index (Phi) is 2.08. The van der Waals surface area contributed by atoms with Crippen LogP contribution in [0.4, 0.5) is 0 Å². The lowest BCUT2D eigenvalue weighted by Crippen LogP contribution is -2.27. The molecule has 0 saturated carbocycles. The van der Waals surface area contributed by atoms with Crippen molar-refractivity contribution in [3.8, 4) is 0 Å². The summed E-state index contributed by atoms with van der Waals surface area (Å²) in [5.74, 6) is 1.05. The number of hydrogen-bond donors (Lipinski definition) is 0. The second-order valence-corrected chi connectivity index (χ2v) is 3.39. The van der Waals surface area contributed by atoms with E-state index in [1.54, 1.807) is 13.2 Å². The van der Waals surface area contributed by atoms with Gasteiger partial charge in [-0.05, 0) is 25.0 Å². The number of rotatable bonds is 1. The number of carbonyl (C=O) groups excluding carboxylic acids is 1. The van der Waals surface area contributed by atoms with Crippen LogP contribution in [-0.2, 0) is 4.79 Å². The fourth-order valence-corrected chi connectivity index (χ4v) is 1.92. The average molecular weight is 179 g/mol. The van der Waals surface area contributed by atoms with Crippen molar-refractivity contribution >= 4 is 5.91 Å². The largest absolute Gasteiger partial charge is 0.467 e. The number of amides is 1. The van der Waals surface area contributed by atoms with Crippen LogP contribution in [0.5, 0.6) is 0 Å². The number of carbonyl (C=O) groups is 1. The number of hydrogen-bond acceptors (Lipinski definition) is 2. The maximum absolute atomic E-state index is 11.2. The third-order valence-electron chi connectivity index (χ3n) is 2.53. The van der Waals surface area contributed by atoms with E-state index in [1.165, 1.54) is 0 Å². The first-order chi connectivity index (χ1) is 6.29. The van der Waals surface area contributed by atoms with E-state index < -0.39 is 0 Å². The van der Waals surface area contributed by atoms with Crippen molar-refractivity contribution in [3.05, 3.63) is 24.2 Å². The first-order valence-corrected chi connectivity index (χ1v) is 4.59. The van der Waals surface area contributed by atoms with Crippen LogP contribution in [0.2, 0.25) is 0 Å². The maximum Gasteiger partial charge on any atom is 0.220 e. The molecule has 3 nitrogen and oxygen atoms in total. The molecule has 0 unspecified atom stereocenters. The molecule has 1 aliphatic rings. The van der Waals surface area contributed by atoms with E-state index >= 15 is 0 Å². The van der Waals surface area contributed by atoms with Crippen LogP contribution < -0.4 is 0 Å². The topological polar surface area (TPSA) is 33.5 Å². The van der Waals surface area contributed by atoms with E-state index in [-0.39, 0.29) is 11.9 Å². The van der Waals surface area contributed by atoms with Gasteiger partial charge in [0.05, 0.1) is 12.3 Å². The lowest BCUT2D eigenvalue weighted by molar-refractivity contribution is -0.130. The predicted molar refractivity (Wildman–Crippen MR) is 48.1 cm³/mol. The van der Waals surface area contributed by atoms with Crippen LogP contribution in [0.15, 0.2) is 22.8 Å². The Balaban J connectivity index is 2.19. The Morgan fingerprint density at radius 1 is 1.69 bits per heavy atom. The van der Waals surface area contributed by atoms with Crippen molar-refractivity contribution in [2.24, 2.45) is 0 Å². The van der Waals surface area contributed by atoms with Gasteiger partial charge in [0.15, 0.2) is 0 Å². The van der Waals surface area contributed by atoms with Crippen LogP contribution in [0.25, 0.3) is 0 Å². The fourth-order valence-electron chi connectivity index (χ4n) is 1.92. The van der Waals surface area contributed by atoms with Crippen molar-refractivity contribution in [2.75, 3.05) is 6.54 Å². The first kappa shape index (κ1) is 8.35. The Hall–Kier alpha value is -1.25. The van der Waals surface area contributed by atoms with Gasteiger partial charge in [-0.1, -0.05) is 0 Å². The lowest BCUT2D eigenvalue weighted by Gasteiger charge is -2.20. The molecule has 0 aliphatic carbocycles. The zero-order valence-electron chi connectivity index (χ0n) is 7.69. The highest BCUT2D eigenvalue weighted by Crippen LogP contribution is 2.31. The zero-order valence-corrected chi connectivity index (χ0v) is 7.69. The van der Waals surface area contributed by atoms with E-state index in [0.717, 1.165) is 25.1 Å². The number of likely N-dealkylation sites (tertiary alicyclic amines) is 1. The van der Waals surface area contributed by atoms with Gasteiger partial charge in [-0.2, -0.15) is 0 Å². The summed E-state index contributed by atoms with van der Waals surface area (Å²) in [5, 5.41) is 0. The molecule has 0 aromatic carbocycles. The third-order valence-corrected chi connectivity index (χ3v) is 2.53. The predicted octanol–water partition coefficient (Wildman–Crippen LogP) is 1.96. The van der Waals surface area contributed by atoms with Gasteiger partial charge in [0.1, 0.15) is 5.76 Å². The standard InChI is InChI=1S/C10H13NO2/c1-8(12)11-6-2-4-9(11)10-5-3-7-13-10/h3,5,7,9H,2,4,6H2,1H3/t9-/m1/s1. The molecule has 1 fully saturated rings. The van der Waals surface area contributed by atoms with Crippen molar-refractivity contribution < 1.29 is 9.21 Å². The van der Waals surface area contributed by atoms with Gasteiger partial charge >= 0.3 is 0 Å². The van der Waals surface area contributed by atoms with Gasteiger partial charge in [0.25, 0.3) is 0 Å². The van der Waals surface area contributed by atoms with Gasteiger partial charge in [-0.3, -0.25) is 4.79 Å². The Morgan fingerprint density at radius 3 is 3.15 bits per heavy atom. The van der Waals surface area contributed by atoms with Gasteiger partial charge in [-0.25, -0.2) is 0 Å². The summed E-state index contributed by atoms with van der Waals surface area (Å²) in [6.07, 6.45) is 3.75. The molecule has 0 spiro atoms. The summed E-state index contributed by atoms with van der Waals surface area (Å²) < 4.78 is 5.30. The van der Waals surface area contributed by atoms with Crippen molar-refractivity contribution in [1.82, 2.24) is 4.90 Å². The molecule has 0 bridgehead atoms. The van der Waals surface area contributed by atoms with Crippen molar-refractivity contribution in [2.45, 2.75) is 25.8 Å². The minimum Gasteiger partial charge on any atom is -0.467 e. The highest BCUT2D eigenvalue weighted by Gasteiger charge is 2.29. The van der Waals surface area contributed by atoms with Gasteiger partial charge < -0.3 is 9.32 Å². The number of nitrogens with zero attached hydrogens (tertiary/aromatic N) is 1. The molecule has 2 rings (SSSR count). The molecule has 1 aromatic heterocycles. The quantitative estimate of drug-likeness (QED) is 0.660. The van der Waals surface area contributed by atoms with Crippen LogP contribution in [0, 0.1) is 0 Å². The van der Waals surface area contributed by atoms with Crippen LogP contribution >= 0.6 is 0 Å². The van der Waals surface area contributed by atoms with Crippen LogP contribution in [-0.4, -0.2) is 17.4 Å². The van der Waals surface area contributed by atoms with Gasteiger partial charge in [0.2, 0.25) is 5.91 Å². The molecule has 13 heavy (non-hydrogen) atoms. The summed E-state index contributed by atoms with van der Waals surface area (Å²) >= 11 is 0. The zero-order chi connectivity index (χ0) is 9.26. The number of furan rings is 1. The summed E-state index contributed by atoms with van der Waals surface area (Å²) in [7, 11) is 0. The molecule has 0 radical (unpaired) electrons. The second kappa shape index (κ2) is 3.24. The summed E-state index contributed by atoms with van der Waals surface area (Å²) in [5.41, 5.74) is 0. The fraction of sp³-hybridized carbons (Fsp3) is 0.500. The molecular formula is C10H13NO2. The van der Waals surface area contributed by atoms with E-state index in [4.69, 9.17) is 4.42 Å². The van der Waals surface area contributed by atoms with E-state index in [9.17, 15) is 4.79 Å². The normalized spacial score (nSPS) is 22.2. The molecule has 0 N–H and O–H groups in total. The maximum atomic E-state index is 11.2. The van der Waals surface area contributed by atoms with Crippen molar-refractivity contribution in [1.29, 1.82) is 0 Å². The minimum absolute atomic E-state index is 0.138. The first-order valence-electron chi connectivity index (χ1n) is 4.59. The molecular weight excluding hydrogens is 166 g/mol. The Bertz CT molecular complexity index is 292. The van der Waals surface area contributed by atoms with Crippen LogP contribution in [0.1, 0.15) is 31.6 Å². The second-order valence-electron chi connectivity index (χ2n) is 3.39. The Morgan fingerprint density at radius 2 is 2.54 bits per heavy atom. The summed E-state index contributed by atoms with van der Waals surface area (Å²) in [6, 6.07) is 3.98. The molecule has 1 saturated heterocycles. The minimum atomic E-state index is 0.138. The van der Waals surface area contributed by atoms with E-state index in [2.05, 4.69) is 0 Å². The highest BCUT2D eigenvalue weighted by molar-refractivity contribution is 5.74. The molecule has 2 heterocycles. The summed E-state index contributed by atoms with van der Waals surface area (Å²) in [6.45, 7) is 2.47. The monoisotopic (exact) mass is 179 g/mol. The third kappa shape index (κ3) is 1.46. The van der Waals surface area contributed by atoms with Gasteiger partial charge in [-0.15, -0.1) is 0 Å².